The summed E-state index contributed by atoms with van der Waals surface area (Å²) < 4.78 is 11.1. The van der Waals surface area contributed by atoms with E-state index in [1.807, 2.05) is 16.8 Å². The number of likely N-dealkylation sites (tertiary alicyclic amines) is 2. The number of carbonyl (C=O) groups excluding carboxylic acids is 1. The zero-order valence-corrected chi connectivity index (χ0v) is 16.5. The number of hydrogen-bond donors (Lipinski definition) is 0. The van der Waals surface area contributed by atoms with Gasteiger partial charge in [-0.2, -0.15) is 11.3 Å². The highest BCUT2D eigenvalue weighted by Crippen LogP contribution is 2.45. The molecule has 3 aliphatic heterocycles. The van der Waals surface area contributed by atoms with Crippen LogP contribution in [0.1, 0.15) is 36.0 Å². The highest BCUT2D eigenvalue weighted by Gasteiger charge is 2.49. The van der Waals surface area contributed by atoms with Crippen LogP contribution in [0.3, 0.4) is 0 Å². The van der Waals surface area contributed by atoms with E-state index in [1.54, 1.807) is 18.4 Å². The van der Waals surface area contributed by atoms with Gasteiger partial charge < -0.3 is 19.3 Å². The molecule has 1 unspecified atom stereocenters. The summed E-state index contributed by atoms with van der Waals surface area (Å²) in [5.74, 6) is 0.642. The monoisotopic (exact) mass is 378 g/mol. The minimum Gasteiger partial charge on any atom is -0.384 e. The van der Waals surface area contributed by atoms with Crippen molar-refractivity contribution in [3.63, 3.8) is 0 Å². The first-order valence-corrected chi connectivity index (χ1v) is 10.8. The number of piperidine rings is 1. The Morgan fingerprint density at radius 2 is 2.12 bits per heavy atom. The van der Waals surface area contributed by atoms with Crippen molar-refractivity contribution < 1.29 is 14.3 Å². The molecule has 0 aromatic carbocycles. The summed E-state index contributed by atoms with van der Waals surface area (Å²) in [4.78, 5) is 17.6. The normalized spacial score (nSPS) is 27.3. The average Bonchev–Trinajstić information content (AvgIpc) is 3.33. The van der Waals surface area contributed by atoms with Gasteiger partial charge >= 0.3 is 0 Å². The number of ether oxygens (including phenoxy) is 2. The van der Waals surface area contributed by atoms with E-state index in [1.165, 1.54) is 12.8 Å². The SMILES string of the molecule is COCC1CN(C(=O)c2ccsc2)CC12CCN(C1CCOCC1)CC2. The van der Waals surface area contributed by atoms with Gasteiger partial charge in [0.15, 0.2) is 0 Å². The first kappa shape index (κ1) is 18.4. The lowest BCUT2D eigenvalue weighted by molar-refractivity contribution is -0.0108. The van der Waals surface area contributed by atoms with E-state index in [-0.39, 0.29) is 11.3 Å². The number of amides is 1. The minimum atomic E-state index is 0.191. The predicted molar refractivity (Wildman–Crippen MR) is 103 cm³/mol. The molecule has 1 aromatic rings. The maximum absolute atomic E-state index is 12.9. The Bertz CT molecular complexity index is 592. The van der Waals surface area contributed by atoms with E-state index < -0.39 is 0 Å². The zero-order valence-electron chi connectivity index (χ0n) is 15.7. The van der Waals surface area contributed by atoms with Gasteiger partial charge in [0.05, 0.1) is 12.2 Å². The average molecular weight is 379 g/mol. The number of nitrogens with zero attached hydrogens (tertiary/aromatic N) is 2. The number of hydrogen-bond acceptors (Lipinski definition) is 5. The molecular formula is C20H30N2O3S. The van der Waals surface area contributed by atoms with Gasteiger partial charge in [-0.25, -0.2) is 0 Å². The summed E-state index contributed by atoms with van der Waals surface area (Å²) in [6.45, 7) is 6.57. The molecule has 3 aliphatic rings. The first-order valence-electron chi connectivity index (χ1n) is 9.84. The standard InChI is InChI=1S/C20H30N2O3S/c1-24-13-17-12-22(19(23)16-4-11-26-14-16)15-20(17)5-7-21(8-6-20)18-2-9-25-10-3-18/h4,11,14,17-18H,2-3,5-10,12-13,15H2,1H3. The maximum atomic E-state index is 12.9. The molecule has 144 valence electrons. The Labute approximate surface area is 160 Å². The third kappa shape index (κ3) is 3.57. The van der Waals surface area contributed by atoms with Crippen LogP contribution in [0.25, 0.3) is 0 Å². The summed E-state index contributed by atoms with van der Waals surface area (Å²) in [6.07, 6.45) is 4.67. The van der Waals surface area contributed by atoms with Gasteiger partial charge in [0.25, 0.3) is 5.91 Å². The molecule has 3 saturated heterocycles. The van der Waals surface area contributed by atoms with E-state index in [2.05, 4.69) is 9.80 Å². The molecule has 4 rings (SSSR count). The maximum Gasteiger partial charge on any atom is 0.254 e. The van der Waals surface area contributed by atoms with Crippen molar-refractivity contribution >= 4 is 17.2 Å². The van der Waals surface area contributed by atoms with Gasteiger partial charge in [-0.1, -0.05) is 0 Å². The van der Waals surface area contributed by atoms with E-state index in [4.69, 9.17) is 9.47 Å². The molecule has 6 heteroatoms. The molecule has 0 bridgehead atoms. The molecule has 0 radical (unpaired) electrons. The lowest BCUT2D eigenvalue weighted by Crippen LogP contribution is -2.50. The third-order valence-electron chi connectivity index (χ3n) is 6.74. The largest absolute Gasteiger partial charge is 0.384 e. The van der Waals surface area contributed by atoms with Gasteiger partial charge in [0.2, 0.25) is 0 Å². The lowest BCUT2D eigenvalue weighted by Gasteiger charge is -2.45. The van der Waals surface area contributed by atoms with Crippen molar-refractivity contribution in [2.45, 2.75) is 31.7 Å². The van der Waals surface area contributed by atoms with Gasteiger partial charge in [0.1, 0.15) is 0 Å². The molecule has 0 aliphatic carbocycles. The van der Waals surface area contributed by atoms with Crippen LogP contribution in [0.4, 0.5) is 0 Å². The summed E-state index contributed by atoms with van der Waals surface area (Å²) in [5.41, 5.74) is 1.06. The molecule has 0 saturated carbocycles. The van der Waals surface area contributed by atoms with Crippen LogP contribution in [-0.2, 0) is 9.47 Å². The minimum absolute atomic E-state index is 0.191. The Balaban J connectivity index is 1.43. The summed E-state index contributed by atoms with van der Waals surface area (Å²) >= 11 is 1.59. The van der Waals surface area contributed by atoms with Crippen LogP contribution in [0, 0.1) is 11.3 Å². The molecule has 1 aromatic heterocycles. The number of methoxy groups -OCH3 is 1. The van der Waals surface area contributed by atoms with Crippen LogP contribution < -0.4 is 0 Å². The second-order valence-corrected chi connectivity index (χ2v) is 8.87. The number of rotatable bonds is 4. The quantitative estimate of drug-likeness (QED) is 0.808. The molecule has 0 N–H and O–H groups in total. The summed E-state index contributed by atoms with van der Waals surface area (Å²) in [5, 5.41) is 3.95. The van der Waals surface area contributed by atoms with Crippen molar-refractivity contribution in [3.05, 3.63) is 22.4 Å². The number of carbonyl (C=O) groups is 1. The van der Waals surface area contributed by atoms with Crippen molar-refractivity contribution in [1.82, 2.24) is 9.80 Å². The van der Waals surface area contributed by atoms with Crippen molar-refractivity contribution in [1.29, 1.82) is 0 Å². The van der Waals surface area contributed by atoms with Crippen LogP contribution in [-0.4, -0.2) is 74.9 Å². The molecule has 1 amide bonds. The van der Waals surface area contributed by atoms with Crippen LogP contribution in [0.15, 0.2) is 16.8 Å². The summed E-state index contributed by atoms with van der Waals surface area (Å²) in [6, 6.07) is 2.63. The van der Waals surface area contributed by atoms with E-state index in [0.29, 0.717) is 12.0 Å². The highest BCUT2D eigenvalue weighted by molar-refractivity contribution is 7.08. The van der Waals surface area contributed by atoms with Gasteiger partial charge in [-0.3, -0.25) is 4.79 Å². The van der Waals surface area contributed by atoms with Crippen LogP contribution in [0.5, 0.6) is 0 Å². The Hall–Kier alpha value is -0.950. The van der Waals surface area contributed by atoms with Crippen LogP contribution in [0.2, 0.25) is 0 Å². The molecule has 5 nitrogen and oxygen atoms in total. The second kappa shape index (κ2) is 7.97. The van der Waals surface area contributed by atoms with Gasteiger partial charge in [0, 0.05) is 50.8 Å². The molecule has 4 heterocycles. The molecule has 3 fully saturated rings. The van der Waals surface area contributed by atoms with E-state index in [9.17, 15) is 4.79 Å². The first-order chi connectivity index (χ1) is 12.7. The van der Waals surface area contributed by atoms with Crippen molar-refractivity contribution in [2.24, 2.45) is 11.3 Å². The van der Waals surface area contributed by atoms with Crippen LogP contribution >= 0.6 is 11.3 Å². The van der Waals surface area contributed by atoms with E-state index >= 15 is 0 Å². The van der Waals surface area contributed by atoms with Gasteiger partial charge in [-0.05, 0) is 55.6 Å². The number of thiophene rings is 1. The Kier molecular flexibility index (Phi) is 5.64. The lowest BCUT2D eigenvalue weighted by atomic mass is 9.71. The fraction of sp³-hybridized carbons (Fsp3) is 0.750. The fourth-order valence-electron chi connectivity index (χ4n) is 5.14. The fourth-order valence-corrected chi connectivity index (χ4v) is 5.77. The highest BCUT2D eigenvalue weighted by atomic mass is 32.1. The molecule has 1 spiro atoms. The topological polar surface area (TPSA) is 42.0 Å². The summed E-state index contributed by atoms with van der Waals surface area (Å²) in [7, 11) is 1.79. The molecule has 26 heavy (non-hydrogen) atoms. The second-order valence-electron chi connectivity index (χ2n) is 8.09. The third-order valence-corrected chi connectivity index (χ3v) is 7.42. The van der Waals surface area contributed by atoms with Crippen molar-refractivity contribution in [2.75, 3.05) is 53.1 Å². The Morgan fingerprint density at radius 3 is 2.77 bits per heavy atom. The molecule has 1 atom stereocenters. The Morgan fingerprint density at radius 1 is 1.35 bits per heavy atom. The van der Waals surface area contributed by atoms with Crippen molar-refractivity contribution in [3.8, 4) is 0 Å². The smallest absolute Gasteiger partial charge is 0.254 e. The van der Waals surface area contributed by atoms with E-state index in [0.717, 1.165) is 64.4 Å². The van der Waals surface area contributed by atoms with Gasteiger partial charge in [-0.15, -0.1) is 0 Å². The molecular weight excluding hydrogens is 348 g/mol. The predicted octanol–water partition coefficient (Wildman–Crippen LogP) is 2.73. The zero-order chi connectivity index (χ0) is 18.0.